The van der Waals surface area contributed by atoms with Crippen LogP contribution in [0.2, 0.25) is 0 Å². The summed E-state index contributed by atoms with van der Waals surface area (Å²) in [6.45, 7) is 5.59. The number of nitrogen functional groups attached to an aromatic ring is 1. The van der Waals surface area contributed by atoms with Gasteiger partial charge in [0.2, 0.25) is 5.82 Å². The maximum Gasteiger partial charge on any atom is 0.313 e. The lowest BCUT2D eigenvalue weighted by molar-refractivity contribution is -0.384. The molecule has 8 heteroatoms. The summed E-state index contributed by atoms with van der Waals surface area (Å²) in [6.07, 6.45) is 0. The standard InChI is InChI=1S/C11H14N6O2/c1-6-7(2)15-16(8(6)3)11-9(17(18)19)4-5-10(13-11)14-12/h4-5H,12H2,1-3H3,(H,13,14). The Morgan fingerprint density at radius 2 is 2.05 bits per heavy atom. The van der Waals surface area contributed by atoms with Crippen molar-refractivity contribution in [2.75, 3.05) is 5.43 Å². The van der Waals surface area contributed by atoms with E-state index in [0.29, 0.717) is 5.82 Å². The Balaban J connectivity index is 2.71. The zero-order valence-corrected chi connectivity index (χ0v) is 10.8. The molecule has 2 aromatic rings. The number of anilines is 1. The van der Waals surface area contributed by atoms with E-state index in [0.717, 1.165) is 17.0 Å². The van der Waals surface area contributed by atoms with Gasteiger partial charge in [0.25, 0.3) is 0 Å². The Hall–Kier alpha value is -2.48. The van der Waals surface area contributed by atoms with Crippen LogP contribution >= 0.6 is 0 Å². The van der Waals surface area contributed by atoms with E-state index in [9.17, 15) is 10.1 Å². The predicted octanol–water partition coefficient (Wildman–Crippen LogP) is 1.39. The van der Waals surface area contributed by atoms with Gasteiger partial charge < -0.3 is 5.43 Å². The van der Waals surface area contributed by atoms with Crippen LogP contribution in [-0.4, -0.2) is 19.7 Å². The van der Waals surface area contributed by atoms with Gasteiger partial charge in [-0.2, -0.15) is 5.10 Å². The van der Waals surface area contributed by atoms with Crippen LogP contribution in [0.5, 0.6) is 0 Å². The molecule has 2 rings (SSSR count). The zero-order chi connectivity index (χ0) is 14.2. The summed E-state index contributed by atoms with van der Waals surface area (Å²) in [5.41, 5.74) is 4.84. The van der Waals surface area contributed by atoms with Crippen LogP contribution in [0.3, 0.4) is 0 Å². The molecule has 0 amide bonds. The summed E-state index contributed by atoms with van der Waals surface area (Å²) in [7, 11) is 0. The summed E-state index contributed by atoms with van der Waals surface area (Å²) >= 11 is 0. The molecular formula is C11H14N6O2. The monoisotopic (exact) mass is 262 g/mol. The van der Waals surface area contributed by atoms with E-state index in [2.05, 4.69) is 15.5 Å². The van der Waals surface area contributed by atoms with E-state index in [-0.39, 0.29) is 11.5 Å². The minimum atomic E-state index is -0.492. The van der Waals surface area contributed by atoms with E-state index in [1.807, 2.05) is 20.8 Å². The SMILES string of the molecule is Cc1nn(-c2nc(NN)ccc2[N+](=O)[O-])c(C)c1C. The molecule has 0 radical (unpaired) electrons. The van der Waals surface area contributed by atoms with Crippen LogP contribution in [0.1, 0.15) is 17.0 Å². The fourth-order valence-corrected chi connectivity index (χ4v) is 1.75. The molecule has 0 spiro atoms. The van der Waals surface area contributed by atoms with Crippen molar-refractivity contribution in [3.8, 4) is 5.82 Å². The Kier molecular flexibility index (Phi) is 3.17. The number of hydrogen-bond donors (Lipinski definition) is 2. The minimum Gasteiger partial charge on any atom is -0.308 e. The van der Waals surface area contributed by atoms with Crippen LogP contribution < -0.4 is 11.3 Å². The maximum atomic E-state index is 11.1. The normalized spacial score (nSPS) is 10.5. The van der Waals surface area contributed by atoms with E-state index >= 15 is 0 Å². The van der Waals surface area contributed by atoms with Gasteiger partial charge in [-0.15, -0.1) is 0 Å². The Bertz CT molecular complexity index is 649. The molecule has 0 unspecified atom stereocenters. The molecule has 19 heavy (non-hydrogen) atoms. The molecular weight excluding hydrogens is 248 g/mol. The molecule has 0 atom stereocenters. The van der Waals surface area contributed by atoms with Crippen molar-refractivity contribution in [2.45, 2.75) is 20.8 Å². The first-order valence-corrected chi connectivity index (χ1v) is 5.61. The van der Waals surface area contributed by atoms with Crippen LogP contribution in [0.25, 0.3) is 5.82 Å². The van der Waals surface area contributed by atoms with Crippen LogP contribution in [-0.2, 0) is 0 Å². The molecule has 0 saturated heterocycles. The van der Waals surface area contributed by atoms with E-state index in [1.54, 1.807) is 0 Å². The fourth-order valence-electron chi connectivity index (χ4n) is 1.75. The van der Waals surface area contributed by atoms with Crippen molar-refractivity contribution in [3.05, 3.63) is 39.2 Å². The first-order chi connectivity index (χ1) is 8.95. The summed E-state index contributed by atoms with van der Waals surface area (Å²) in [4.78, 5) is 14.7. The highest BCUT2D eigenvalue weighted by molar-refractivity contribution is 5.53. The molecule has 0 aliphatic carbocycles. The lowest BCUT2D eigenvalue weighted by Crippen LogP contribution is -2.12. The summed E-state index contributed by atoms with van der Waals surface area (Å²) in [5, 5.41) is 15.4. The van der Waals surface area contributed by atoms with Gasteiger partial charge in [0.15, 0.2) is 0 Å². The van der Waals surface area contributed by atoms with Crippen molar-refractivity contribution < 1.29 is 4.92 Å². The molecule has 3 N–H and O–H groups in total. The number of nitrogens with one attached hydrogen (secondary N) is 1. The van der Waals surface area contributed by atoms with Crippen molar-refractivity contribution in [1.82, 2.24) is 14.8 Å². The predicted molar refractivity (Wildman–Crippen MR) is 70.0 cm³/mol. The van der Waals surface area contributed by atoms with Gasteiger partial charge in [0.1, 0.15) is 5.82 Å². The topological polar surface area (TPSA) is 112 Å². The highest BCUT2D eigenvalue weighted by Gasteiger charge is 2.21. The van der Waals surface area contributed by atoms with Gasteiger partial charge in [-0.05, 0) is 32.4 Å². The Morgan fingerprint density at radius 1 is 1.37 bits per heavy atom. The molecule has 0 aliphatic heterocycles. The van der Waals surface area contributed by atoms with Gasteiger partial charge in [-0.25, -0.2) is 15.5 Å². The first-order valence-electron chi connectivity index (χ1n) is 5.61. The average molecular weight is 262 g/mol. The van der Waals surface area contributed by atoms with Gasteiger partial charge in [0.05, 0.1) is 10.6 Å². The smallest absolute Gasteiger partial charge is 0.308 e. The summed E-state index contributed by atoms with van der Waals surface area (Å²) in [6, 6.07) is 2.80. The molecule has 0 bridgehead atoms. The van der Waals surface area contributed by atoms with Crippen molar-refractivity contribution >= 4 is 11.5 Å². The second-order valence-corrected chi connectivity index (χ2v) is 4.15. The fraction of sp³-hybridized carbons (Fsp3) is 0.273. The molecule has 0 aromatic carbocycles. The number of rotatable bonds is 3. The van der Waals surface area contributed by atoms with Crippen LogP contribution in [0, 0.1) is 30.9 Å². The maximum absolute atomic E-state index is 11.1. The summed E-state index contributed by atoms with van der Waals surface area (Å²) in [5.74, 6) is 5.77. The number of hydrazine groups is 1. The minimum absolute atomic E-state index is 0.121. The number of aryl methyl sites for hydroxylation is 1. The van der Waals surface area contributed by atoms with Gasteiger partial charge in [0, 0.05) is 11.8 Å². The lowest BCUT2D eigenvalue weighted by atomic mass is 10.2. The third-order valence-electron chi connectivity index (χ3n) is 3.05. The van der Waals surface area contributed by atoms with E-state index in [1.165, 1.54) is 16.8 Å². The van der Waals surface area contributed by atoms with Crippen LogP contribution in [0.15, 0.2) is 12.1 Å². The van der Waals surface area contributed by atoms with Crippen LogP contribution in [0.4, 0.5) is 11.5 Å². The number of nitrogens with two attached hydrogens (primary N) is 1. The molecule has 8 nitrogen and oxygen atoms in total. The molecule has 100 valence electrons. The quantitative estimate of drug-likeness (QED) is 0.491. The third-order valence-corrected chi connectivity index (χ3v) is 3.05. The third kappa shape index (κ3) is 2.13. The molecule has 0 aliphatic rings. The average Bonchev–Trinajstić information content (AvgIpc) is 2.65. The first kappa shape index (κ1) is 13.0. The molecule has 2 heterocycles. The Labute approximate surface area is 109 Å². The second kappa shape index (κ2) is 4.65. The summed E-state index contributed by atoms with van der Waals surface area (Å²) < 4.78 is 1.46. The van der Waals surface area contributed by atoms with Gasteiger partial charge in [-0.3, -0.25) is 10.1 Å². The molecule has 0 saturated carbocycles. The van der Waals surface area contributed by atoms with Crippen molar-refractivity contribution in [3.63, 3.8) is 0 Å². The van der Waals surface area contributed by atoms with E-state index < -0.39 is 4.92 Å². The van der Waals surface area contributed by atoms with Crippen molar-refractivity contribution in [1.29, 1.82) is 0 Å². The van der Waals surface area contributed by atoms with Gasteiger partial charge in [-0.1, -0.05) is 0 Å². The zero-order valence-electron chi connectivity index (χ0n) is 10.8. The van der Waals surface area contributed by atoms with Crippen molar-refractivity contribution in [2.24, 2.45) is 5.84 Å². The number of aromatic nitrogens is 3. The van der Waals surface area contributed by atoms with E-state index in [4.69, 9.17) is 5.84 Å². The lowest BCUT2D eigenvalue weighted by Gasteiger charge is -2.06. The highest BCUT2D eigenvalue weighted by Crippen LogP contribution is 2.25. The van der Waals surface area contributed by atoms with Gasteiger partial charge >= 0.3 is 5.69 Å². The number of nitro groups is 1. The highest BCUT2D eigenvalue weighted by atomic mass is 16.6. The second-order valence-electron chi connectivity index (χ2n) is 4.15. The number of nitrogens with zero attached hydrogens (tertiary/aromatic N) is 4. The largest absolute Gasteiger partial charge is 0.313 e. The molecule has 0 fully saturated rings. The molecule has 2 aromatic heterocycles. The number of pyridine rings is 1. The Morgan fingerprint density at radius 3 is 2.53 bits per heavy atom. The number of hydrogen-bond acceptors (Lipinski definition) is 6.